The molecule has 0 aromatic carbocycles. The molecule has 0 aliphatic carbocycles. The van der Waals surface area contributed by atoms with Crippen molar-refractivity contribution < 1.29 is 4.79 Å². The normalized spacial score (nSPS) is 28.4. The topological polar surface area (TPSA) is 68.8 Å². The zero-order valence-electron chi connectivity index (χ0n) is 7.32. The van der Waals surface area contributed by atoms with E-state index in [1.807, 2.05) is 6.08 Å². The van der Waals surface area contributed by atoms with Crippen LogP contribution in [0.3, 0.4) is 0 Å². The van der Waals surface area contributed by atoms with Crippen LogP contribution in [0, 0.1) is 0 Å². The summed E-state index contributed by atoms with van der Waals surface area (Å²) in [6.07, 6.45) is 5.30. The van der Waals surface area contributed by atoms with Gasteiger partial charge in [0.1, 0.15) is 5.82 Å². The molecule has 0 aromatic rings. The Bertz CT molecular complexity index is 383. The van der Waals surface area contributed by atoms with E-state index in [4.69, 9.17) is 0 Å². The highest BCUT2D eigenvalue weighted by Gasteiger charge is 2.34. The molecule has 3 N–H and O–H groups in total. The molecule has 3 heterocycles. The van der Waals surface area contributed by atoms with E-state index in [2.05, 4.69) is 21.1 Å². The van der Waals surface area contributed by atoms with Crippen molar-refractivity contribution in [3.8, 4) is 0 Å². The van der Waals surface area contributed by atoms with Crippen LogP contribution in [-0.2, 0) is 0 Å². The van der Waals surface area contributed by atoms with Crippen molar-refractivity contribution in [2.24, 2.45) is 4.99 Å². The van der Waals surface area contributed by atoms with Gasteiger partial charge in [-0.2, -0.15) is 0 Å². The first kappa shape index (κ1) is 7.57. The maximum atomic E-state index is 11.5. The monoisotopic (exact) mass is 191 g/mol. The Labute approximate surface area is 80.3 Å². The van der Waals surface area contributed by atoms with E-state index in [9.17, 15) is 4.79 Å². The molecule has 6 nitrogen and oxygen atoms in total. The molecular formula is C8H9N5O. The lowest BCUT2D eigenvalue weighted by Crippen LogP contribution is -2.52. The largest absolute Gasteiger partial charge is 0.356 e. The lowest BCUT2D eigenvalue weighted by Gasteiger charge is -2.30. The molecule has 0 radical (unpaired) electrons. The van der Waals surface area contributed by atoms with E-state index < -0.39 is 0 Å². The first-order valence-electron chi connectivity index (χ1n) is 4.38. The molecule has 6 heteroatoms. The number of rotatable bonds is 0. The molecule has 1 saturated heterocycles. The van der Waals surface area contributed by atoms with Gasteiger partial charge < -0.3 is 10.6 Å². The SMILES string of the molecule is O=C1NC2C=CN=CC2=C2NCNN12. The Balaban J connectivity index is 2.11. The van der Waals surface area contributed by atoms with Gasteiger partial charge in [-0.05, 0) is 6.08 Å². The van der Waals surface area contributed by atoms with Crippen LogP contribution in [0.25, 0.3) is 0 Å². The lowest BCUT2D eigenvalue weighted by molar-refractivity contribution is 0.196. The number of nitrogens with zero attached hydrogens (tertiary/aromatic N) is 2. The minimum Gasteiger partial charge on any atom is -0.356 e. The fourth-order valence-corrected chi connectivity index (χ4v) is 1.74. The van der Waals surface area contributed by atoms with Crippen molar-refractivity contribution in [3.05, 3.63) is 23.7 Å². The second-order valence-corrected chi connectivity index (χ2v) is 3.20. The molecule has 2 amide bonds. The van der Waals surface area contributed by atoms with Crippen LogP contribution in [0.1, 0.15) is 0 Å². The van der Waals surface area contributed by atoms with Crippen molar-refractivity contribution in [3.63, 3.8) is 0 Å². The van der Waals surface area contributed by atoms with Gasteiger partial charge in [0.25, 0.3) is 0 Å². The molecule has 3 aliphatic heterocycles. The van der Waals surface area contributed by atoms with Gasteiger partial charge in [0.2, 0.25) is 0 Å². The molecule has 1 atom stereocenters. The summed E-state index contributed by atoms with van der Waals surface area (Å²) in [4.78, 5) is 15.6. The zero-order valence-corrected chi connectivity index (χ0v) is 7.32. The first-order valence-corrected chi connectivity index (χ1v) is 4.38. The van der Waals surface area contributed by atoms with Crippen molar-refractivity contribution in [1.82, 2.24) is 21.1 Å². The standard InChI is InChI=1S/C8H9N5O/c14-8-12-6-1-2-9-3-5(6)7-10-4-11-13(7)8/h1-3,6,10-11H,4H2,(H,12,14). The Morgan fingerprint density at radius 1 is 1.57 bits per heavy atom. The van der Waals surface area contributed by atoms with Crippen molar-refractivity contribution in [1.29, 1.82) is 0 Å². The number of hydrazine groups is 1. The van der Waals surface area contributed by atoms with Crippen molar-refractivity contribution in [2.45, 2.75) is 6.04 Å². The summed E-state index contributed by atoms with van der Waals surface area (Å²) in [5.74, 6) is 0.798. The predicted octanol–water partition coefficient (Wildman–Crippen LogP) is -0.745. The number of fused-ring (bicyclic) bond motifs is 2. The number of carbonyl (C=O) groups excluding carboxylic acids is 1. The van der Waals surface area contributed by atoms with Gasteiger partial charge in [0, 0.05) is 18.0 Å². The summed E-state index contributed by atoms with van der Waals surface area (Å²) >= 11 is 0. The molecule has 14 heavy (non-hydrogen) atoms. The van der Waals surface area contributed by atoms with Crippen LogP contribution in [0.15, 0.2) is 28.7 Å². The van der Waals surface area contributed by atoms with Crippen LogP contribution >= 0.6 is 0 Å². The van der Waals surface area contributed by atoms with Crippen LogP contribution in [0.2, 0.25) is 0 Å². The summed E-state index contributed by atoms with van der Waals surface area (Å²) in [5.41, 5.74) is 3.89. The molecule has 72 valence electrons. The van der Waals surface area contributed by atoms with Crippen LogP contribution < -0.4 is 16.1 Å². The van der Waals surface area contributed by atoms with Gasteiger partial charge in [-0.15, -0.1) is 0 Å². The zero-order chi connectivity index (χ0) is 9.54. The molecule has 0 saturated carbocycles. The van der Waals surface area contributed by atoms with E-state index in [0.29, 0.717) is 6.67 Å². The van der Waals surface area contributed by atoms with E-state index in [-0.39, 0.29) is 12.1 Å². The van der Waals surface area contributed by atoms with Crippen molar-refractivity contribution in [2.75, 3.05) is 6.67 Å². The van der Waals surface area contributed by atoms with Gasteiger partial charge in [-0.1, -0.05) is 0 Å². The first-order chi connectivity index (χ1) is 6.86. The van der Waals surface area contributed by atoms with Crippen LogP contribution in [-0.4, -0.2) is 30.0 Å². The number of aliphatic imine (C=N–C) groups is 1. The fourth-order valence-electron chi connectivity index (χ4n) is 1.74. The third-order valence-electron chi connectivity index (χ3n) is 2.39. The summed E-state index contributed by atoms with van der Waals surface area (Å²) in [7, 11) is 0. The molecule has 0 bridgehead atoms. The number of urea groups is 1. The third-order valence-corrected chi connectivity index (χ3v) is 2.39. The summed E-state index contributed by atoms with van der Waals surface area (Å²) in [6.45, 7) is 0.566. The van der Waals surface area contributed by atoms with Gasteiger partial charge in [-0.3, -0.25) is 4.99 Å². The summed E-state index contributed by atoms with van der Waals surface area (Å²) in [5, 5.41) is 7.40. The van der Waals surface area contributed by atoms with Crippen LogP contribution in [0.5, 0.6) is 0 Å². The average molecular weight is 191 g/mol. The summed E-state index contributed by atoms with van der Waals surface area (Å²) < 4.78 is 0. The number of carbonyl (C=O) groups is 1. The van der Waals surface area contributed by atoms with Crippen molar-refractivity contribution >= 4 is 12.2 Å². The summed E-state index contributed by atoms with van der Waals surface area (Å²) in [6, 6.07) is -0.197. The fraction of sp³-hybridized carbons (Fsp3) is 0.250. The molecule has 0 aromatic heterocycles. The van der Waals surface area contributed by atoms with Gasteiger partial charge in [0.05, 0.1) is 12.7 Å². The Kier molecular flexibility index (Phi) is 1.40. The minimum absolute atomic E-state index is 0.0568. The van der Waals surface area contributed by atoms with Gasteiger partial charge >= 0.3 is 6.03 Å². The number of hydrogen-bond acceptors (Lipinski definition) is 4. The quantitative estimate of drug-likeness (QED) is 0.472. The minimum atomic E-state index is -0.140. The van der Waals surface area contributed by atoms with E-state index >= 15 is 0 Å². The molecule has 3 aliphatic rings. The molecule has 3 rings (SSSR count). The van der Waals surface area contributed by atoms with E-state index in [1.54, 1.807) is 12.4 Å². The molecule has 0 spiro atoms. The number of amides is 2. The Hall–Kier alpha value is -1.82. The Morgan fingerprint density at radius 3 is 3.43 bits per heavy atom. The van der Waals surface area contributed by atoms with Gasteiger partial charge in [-0.25, -0.2) is 15.2 Å². The number of nitrogens with one attached hydrogen (secondary N) is 3. The van der Waals surface area contributed by atoms with E-state index in [0.717, 1.165) is 11.4 Å². The highest BCUT2D eigenvalue weighted by molar-refractivity contribution is 5.90. The maximum Gasteiger partial charge on any atom is 0.338 e. The Morgan fingerprint density at radius 2 is 2.50 bits per heavy atom. The highest BCUT2D eigenvalue weighted by atomic mass is 16.2. The maximum absolute atomic E-state index is 11.5. The second-order valence-electron chi connectivity index (χ2n) is 3.20. The number of hydrogen-bond donors (Lipinski definition) is 3. The smallest absolute Gasteiger partial charge is 0.338 e. The molecule has 1 fully saturated rings. The second kappa shape index (κ2) is 2.58. The highest BCUT2D eigenvalue weighted by Crippen LogP contribution is 2.19. The molecule has 1 unspecified atom stereocenters. The van der Waals surface area contributed by atoms with Gasteiger partial charge in [0.15, 0.2) is 0 Å². The molecular weight excluding hydrogens is 182 g/mol. The van der Waals surface area contributed by atoms with Crippen LogP contribution in [0.4, 0.5) is 4.79 Å². The predicted molar refractivity (Wildman–Crippen MR) is 50.0 cm³/mol. The average Bonchev–Trinajstić information content (AvgIpc) is 2.67. The third kappa shape index (κ3) is 0.882. The van der Waals surface area contributed by atoms with E-state index in [1.165, 1.54) is 5.01 Å². The lowest BCUT2D eigenvalue weighted by atomic mass is 10.1.